The summed E-state index contributed by atoms with van der Waals surface area (Å²) in [6.45, 7) is 37.4. The topological polar surface area (TPSA) is 36.7 Å². The van der Waals surface area contributed by atoms with E-state index in [1.165, 1.54) is 128 Å². The molecule has 0 atom stereocenters. The summed E-state index contributed by atoms with van der Waals surface area (Å²) in [5.41, 5.74) is 30.2. The van der Waals surface area contributed by atoms with E-state index >= 15 is 0 Å². The smallest absolute Gasteiger partial charge is 0.252 e. The van der Waals surface area contributed by atoms with Crippen LogP contribution in [0.4, 0.5) is 38.5 Å². The summed E-state index contributed by atoms with van der Waals surface area (Å²) in [6.07, 6.45) is 1.82. The number of imidazole rings is 1. The fourth-order valence-electron chi connectivity index (χ4n) is 14.3. The first-order chi connectivity index (χ1) is 42.1. The Morgan fingerprint density at radius 1 is 0.533 bits per heavy atom. The van der Waals surface area contributed by atoms with E-state index in [0.717, 1.165) is 49.8 Å². The predicted octanol–water partition coefficient (Wildman–Crippen LogP) is 19.9. The maximum absolute atomic E-state index is 12.7. The summed E-state index contributed by atoms with van der Waals surface area (Å²) < 4.78 is 15.1. The third-order valence-electron chi connectivity index (χ3n) is 19.6. The van der Waals surface area contributed by atoms with Crippen LogP contribution in [0.25, 0.3) is 60.7 Å². The zero-order chi connectivity index (χ0) is 62.3. The molecule has 3 aromatic heterocycles. The summed E-state index contributed by atoms with van der Waals surface area (Å²) in [7, 11) is 0. The molecule has 0 spiro atoms. The summed E-state index contributed by atoms with van der Waals surface area (Å²) >= 11 is 1.96. The number of para-hydroxylation sites is 2. The van der Waals surface area contributed by atoms with Gasteiger partial charge in [-0.05, 0) is 168 Å². The number of pyridine rings is 2. The molecule has 0 N–H and O–H groups in total. The van der Waals surface area contributed by atoms with E-state index in [-0.39, 0.29) is 59.7 Å². The van der Waals surface area contributed by atoms with Crippen LogP contribution in [-0.2, 0) is 47.2 Å². The minimum Gasteiger partial charge on any atom is -0.333 e. The first-order valence-electron chi connectivity index (χ1n) is 31.5. The van der Waals surface area contributed by atoms with Gasteiger partial charge in [-0.3, -0.25) is 9.37 Å². The van der Waals surface area contributed by atoms with Gasteiger partial charge in [-0.25, -0.2) is 0 Å². The van der Waals surface area contributed by atoms with Crippen molar-refractivity contribution in [3.63, 3.8) is 0 Å². The molecule has 4 aliphatic heterocycles. The van der Waals surface area contributed by atoms with Crippen LogP contribution in [-0.4, -0.2) is 21.1 Å². The van der Waals surface area contributed by atoms with Gasteiger partial charge in [-0.2, -0.15) is 0 Å². The third-order valence-corrected chi connectivity index (χ3v) is 20.7. The second-order valence-corrected chi connectivity index (χ2v) is 31.2. The first kappa shape index (κ1) is 59.8. The molecular weight excluding hydrogens is 1300 g/mol. The van der Waals surface area contributed by atoms with E-state index in [0.29, 0.717) is 0 Å². The molecule has 0 saturated carbocycles. The molecule has 0 saturated heterocycles. The van der Waals surface area contributed by atoms with Crippen LogP contribution in [0.5, 0.6) is 0 Å². The van der Waals surface area contributed by atoms with Crippen LogP contribution in [0.2, 0.25) is 0 Å². The van der Waals surface area contributed by atoms with Crippen molar-refractivity contribution in [3.8, 4) is 22.4 Å². The summed E-state index contributed by atoms with van der Waals surface area (Å²) in [5, 5.41) is 3.39. The fourth-order valence-corrected chi connectivity index (χ4v) is 15.4. The average Bonchev–Trinajstić information content (AvgIpc) is 0.714. The van der Waals surface area contributed by atoms with Crippen LogP contribution in [0.1, 0.15) is 141 Å². The van der Waals surface area contributed by atoms with Crippen molar-refractivity contribution >= 4 is 107 Å². The average molecular weight is 1370 g/mol. The van der Waals surface area contributed by atoms with Crippen molar-refractivity contribution in [2.75, 3.05) is 9.80 Å². The number of rotatable bonds is 2. The minimum atomic E-state index is -0.277. The number of aromatic nitrogens is 3. The van der Waals surface area contributed by atoms with Gasteiger partial charge in [0, 0.05) is 69.9 Å². The van der Waals surface area contributed by atoms with Gasteiger partial charge in [0.2, 0.25) is 0 Å². The molecular formula is C81H75BFIrN5S-2. The second-order valence-electron chi connectivity index (χ2n) is 30.1. The molecule has 90 heavy (non-hydrogen) atoms. The molecule has 0 unspecified atom stereocenters. The molecule has 5 nitrogen and oxygen atoms in total. The minimum absolute atomic E-state index is 0. The number of halogens is 1. The van der Waals surface area contributed by atoms with Gasteiger partial charge >= 0.3 is 0 Å². The first-order valence-corrected chi connectivity index (χ1v) is 32.3. The molecule has 451 valence electrons. The summed E-state index contributed by atoms with van der Waals surface area (Å²) in [4.78, 5) is 17.6. The van der Waals surface area contributed by atoms with Crippen LogP contribution in [0, 0.1) is 31.8 Å². The SMILES string of the molecule is CC(C)(C)c1ccc2c(c1)Sc1cc(C(C)(C)C)cc3c1N2c1cc(-c2ccc4c5ccc[c-]c5c5nc6ccccc6n5c4c2)cc2c1B3c1cc(C(C)(C)C)cc3c1N2c1ccc(C(C)(C)C)cc1C3(C)C.Cc1cnc(-c2[c-]cc(F)cc2)cc1C.[Ir]. The maximum atomic E-state index is 12.7. The summed E-state index contributed by atoms with van der Waals surface area (Å²) in [5.74, 6) is -0.275. The Hall–Kier alpha value is -7.81. The van der Waals surface area contributed by atoms with Gasteiger partial charge < -0.3 is 19.2 Å². The van der Waals surface area contributed by atoms with E-state index in [2.05, 4.69) is 256 Å². The van der Waals surface area contributed by atoms with Crippen molar-refractivity contribution in [1.29, 1.82) is 0 Å². The predicted molar refractivity (Wildman–Crippen MR) is 375 cm³/mol. The number of benzene rings is 9. The number of fused-ring (bicyclic) bond motifs is 16. The number of nitrogens with zero attached hydrogens (tertiary/aromatic N) is 5. The Kier molecular flexibility index (Phi) is 13.7. The van der Waals surface area contributed by atoms with Crippen LogP contribution in [0.3, 0.4) is 0 Å². The van der Waals surface area contributed by atoms with Crippen LogP contribution < -0.4 is 26.2 Å². The molecule has 0 amide bonds. The number of hydrogen-bond donors (Lipinski definition) is 0. The van der Waals surface area contributed by atoms with E-state index in [1.54, 1.807) is 6.07 Å². The maximum Gasteiger partial charge on any atom is 0.252 e. The molecule has 0 fully saturated rings. The standard InChI is InChI=1S/C68H64BN4S.C13H11FN.Ir/c1-64(2,3)40-24-27-52-47(32-40)68(13,14)48-33-42(66(7,8)9)34-49-61(48)71(52)56-30-39(38-23-26-45-44-19-15-16-20-46(44)63-70-51-21-17-18-22-53(51)73(63)55(45)29-38)31-57-60(56)69(49)50-35-43(67(10,11)12)37-59-62(50)72(57)54-28-25-41(65(4,5)6)36-58(54)74-59;1-9-7-13(15-8-10(9)2)11-3-5-12(14)6-4-11;/h15-19,21-37H,1-14H3;3,5-8H,1-2H3;/q2*-1;. The zero-order valence-corrected chi connectivity index (χ0v) is 57.7. The van der Waals surface area contributed by atoms with E-state index in [9.17, 15) is 4.39 Å². The van der Waals surface area contributed by atoms with Crippen molar-refractivity contribution in [1.82, 2.24) is 14.4 Å². The van der Waals surface area contributed by atoms with Gasteiger partial charge in [0.05, 0.1) is 33.7 Å². The molecule has 7 heterocycles. The molecule has 9 aromatic carbocycles. The quantitative estimate of drug-likeness (QED) is 0.0979. The molecule has 4 aliphatic rings. The van der Waals surface area contributed by atoms with Gasteiger partial charge in [0.15, 0.2) is 0 Å². The molecule has 16 rings (SSSR count). The van der Waals surface area contributed by atoms with Gasteiger partial charge in [-0.15, -0.1) is 59.5 Å². The number of aryl methyl sites for hydroxylation is 2. The van der Waals surface area contributed by atoms with Gasteiger partial charge in [-0.1, -0.05) is 186 Å². The van der Waals surface area contributed by atoms with Crippen molar-refractivity contribution in [2.24, 2.45) is 0 Å². The molecule has 9 heteroatoms. The third kappa shape index (κ3) is 9.33. The Morgan fingerprint density at radius 3 is 1.84 bits per heavy atom. The monoisotopic (exact) mass is 1370 g/mol. The fraction of sp³-hybridized carbons (Fsp3) is 0.259. The van der Waals surface area contributed by atoms with Crippen molar-refractivity contribution in [3.05, 3.63) is 226 Å². The summed E-state index contributed by atoms with van der Waals surface area (Å²) in [6, 6.07) is 65.0. The van der Waals surface area contributed by atoms with Crippen LogP contribution in [0.15, 0.2) is 174 Å². The molecule has 0 aliphatic carbocycles. The molecule has 1 radical (unpaired) electrons. The Morgan fingerprint density at radius 2 is 1.17 bits per heavy atom. The van der Waals surface area contributed by atoms with Crippen molar-refractivity contribution in [2.45, 2.75) is 148 Å². The molecule has 12 aromatic rings. The normalized spacial score (nSPS) is 14.4. The van der Waals surface area contributed by atoms with Gasteiger partial charge in [0.25, 0.3) is 6.71 Å². The number of anilines is 6. The van der Waals surface area contributed by atoms with E-state index in [1.807, 2.05) is 43.9 Å². The van der Waals surface area contributed by atoms with Gasteiger partial charge in [0.1, 0.15) is 0 Å². The number of hydrogen-bond acceptors (Lipinski definition) is 5. The second kappa shape index (κ2) is 20.6. The van der Waals surface area contributed by atoms with Crippen LogP contribution >= 0.6 is 11.8 Å². The zero-order valence-electron chi connectivity index (χ0n) is 54.5. The van der Waals surface area contributed by atoms with E-state index < -0.39 is 0 Å². The largest absolute Gasteiger partial charge is 0.333 e. The Balaban J connectivity index is 0.000000388. The van der Waals surface area contributed by atoms with Crippen molar-refractivity contribution < 1.29 is 24.5 Å². The Bertz CT molecular complexity index is 5010. The van der Waals surface area contributed by atoms with E-state index in [4.69, 9.17) is 4.98 Å². The Labute approximate surface area is 548 Å². The molecule has 0 bridgehead atoms.